The summed E-state index contributed by atoms with van der Waals surface area (Å²) in [6, 6.07) is 4.25. The Balaban J connectivity index is 2.59. The molecule has 0 aromatic heterocycles. The highest BCUT2D eigenvalue weighted by Crippen LogP contribution is 2.19. The molecule has 0 spiro atoms. The van der Waals surface area contributed by atoms with Crippen LogP contribution in [0.25, 0.3) is 0 Å². The summed E-state index contributed by atoms with van der Waals surface area (Å²) in [4.78, 5) is 14.2. The van der Waals surface area contributed by atoms with Crippen LogP contribution in [0.4, 0.5) is 15.8 Å². The van der Waals surface area contributed by atoms with E-state index in [2.05, 4.69) is 31.0 Å². The first-order chi connectivity index (χ1) is 9.93. The van der Waals surface area contributed by atoms with E-state index in [-0.39, 0.29) is 18.5 Å². The summed E-state index contributed by atoms with van der Waals surface area (Å²) in [5, 5.41) is 2.68. The third-order valence-corrected chi connectivity index (χ3v) is 3.42. The summed E-state index contributed by atoms with van der Waals surface area (Å²) in [6.07, 6.45) is 3.38. The van der Waals surface area contributed by atoms with Gasteiger partial charge < -0.3 is 11.1 Å². The van der Waals surface area contributed by atoms with Crippen LogP contribution in [0.2, 0.25) is 0 Å². The molecule has 1 rings (SSSR count). The first kappa shape index (κ1) is 17.4. The van der Waals surface area contributed by atoms with Crippen molar-refractivity contribution in [2.24, 2.45) is 0 Å². The summed E-state index contributed by atoms with van der Waals surface area (Å²) in [5.74, 6) is -0.583. The SMILES string of the molecule is CCCCCN(CC(=O)Nc1cc(F)ccc1N)C(C)C. The van der Waals surface area contributed by atoms with Crippen LogP contribution in [0, 0.1) is 5.82 Å². The maximum atomic E-state index is 13.2. The summed E-state index contributed by atoms with van der Waals surface area (Å²) in [6.45, 7) is 7.46. The van der Waals surface area contributed by atoms with E-state index in [1.165, 1.54) is 18.2 Å². The number of rotatable bonds is 8. The summed E-state index contributed by atoms with van der Waals surface area (Å²) < 4.78 is 13.2. The molecule has 0 aliphatic carbocycles. The van der Waals surface area contributed by atoms with Crippen molar-refractivity contribution < 1.29 is 9.18 Å². The molecule has 1 aromatic rings. The van der Waals surface area contributed by atoms with Gasteiger partial charge in [-0.2, -0.15) is 0 Å². The third-order valence-electron chi connectivity index (χ3n) is 3.42. The molecule has 0 saturated carbocycles. The lowest BCUT2D eigenvalue weighted by Gasteiger charge is -2.25. The molecule has 118 valence electrons. The number of hydrogen-bond donors (Lipinski definition) is 2. The van der Waals surface area contributed by atoms with Crippen molar-refractivity contribution in [1.29, 1.82) is 0 Å². The van der Waals surface area contributed by atoms with Crippen LogP contribution in [0.3, 0.4) is 0 Å². The van der Waals surface area contributed by atoms with Gasteiger partial charge in [0.15, 0.2) is 0 Å². The molecule has 0 heterocycles. The van der Waals surface area contributed by atoms with Gasteiger partial charge in [-0.05, 0) is 45.0 Å². The number of carbonyl (C=O) groups excluding carboxylic acids is 1. The van der Waals surface area contributed by atoms with Crippen LogP contribution in [0.5, 0.6) is 0 Å². The van der Waals surface area contributed by atoms with Gasteiger partial charge in [-0.3, -0.25) is 9.69 Å². The Hall–Kier alpha value is -1.62. The van der Waals surface area contributed by atoms with E-state index in [0.717, 1.165) is 25.8 Å². The van der Waals surface area contributed by atoms with Crippen LogP contribution in [-0.2, 0) is 4.79 Å². The van der Waals surface area contributed by atoms with Crippen molar-refractivity contribution in [3.05, 3.63) is 24.0 Å². The monoisotopic (exact) mass is 295 g/mol. The number of hydrogen-bond acceptors (Lipinski definition) is 3. The maximum Gasteiger partial charge on any atom is 0.238 e. The maximum absolute atomic E-state index is 13.2. The standard InChI is InChI=1S/C16H26FN3O/c1-4-5-6-9-20(12(2)3)11-16(21)19-15-10-13(17)7-8-14(15)18/h7-8,10,12H,4-6,9,11,18H2,1-3H3,(H,19,21). The smallest absolute Gasteiger partial charge is 0.238 e. The quantitative estimate of drug-likeness (QED) is 0.572. The van der Waals surface area contributed by atoms with Gasteiger partial charge in [-0.25, -0.2) is 4.39 Å². The number of carbonyl (C=O) groups is 1. The first-order valence-electron chi connectivity index (χ1n) is 7.53. The highest BCUT2D eigenvalue weighted by atomic mass is 19.1. The molecule has 0 unspecified atom stereocenters. The number of halogens is 1. The highest BCUT2D eigenvalue weighted by molar-refractivity contribution is 5.95. The summed E-state index contributed by atoms with van der Waals surface area (Å²) in [7, 11) is 0. The van der Waals surface area contributed by atoms with Crippen molar-refractivity contribution >= 4 is 17.3 Å². The predicted molar refractivity (Wildman–Crippen MR) is 85.7 cm³/mol. The van der Waals surface area contributed by atoms with E-state index >= 15 is 0 Å². The lowest BCUT2D eigenvalue weighted by atomic mass is 10.2. The second-order valence-corrected chi connectivity index (χ2v) is 5.55. The minimum Gasteiger partial charge on any atom is -0.397 e. The second-order valence-electron chi connectivity index (χ2n) is 5.55. The molecule has 21 heavy (non-hydrogen) atoms. The fraction of sp³-hybridized carbons (Fsp3) is 0.562. The molecular weight excluding hydrogens is 269 g/mol. The van der Waals surface area contributed by atoms with Crippen LogP contribution >= 0.6 is 0 Å². The molecule has 5 heteroatoms. The minimum atomic E-state index is -0.414. The number of nitrogens with one attached hydrogen (secondary N) is 1. The van der Waals surface area contributed by atoms with E-state index in [9.17, 15) is 9.18 Å². The van der Waals surface area contributed by atoms with Crippen molar-refractivity contribution in [1.82, 2.24) is 4.90 Å². The molecule has 1 amide bonds. The Kier molecular flexibility index (Phi) is 7.15. The molecule has 0 bridgehead atoms. The number of anilines is 2. The topological polar surface area (TPSA) is 58.4 Å². The van der Waals surface area contributed by atoms with Crippen LogP contribution in [0.1, 0.15) is 40.0 Å². The van der Waals surface area contributed by atoms with E-state index in [1.807, 2.05) is 0 Å². The van der Waals surface area contributed by atoms with Crippen LogP contribution in [0.15, 0.2) is 18.2 Å². The lowest BCUT2D eigenvalue weighted by molar-refractivity contribution is -0.117. The van der Waals surface area contributed by atoms with Crippen LogP contribution in [-0.4, -0.2) is 29.9 Å². The van der Waals surface area contributed by atoms with Gasteiger partial charge in [0.25, 0.3) is 0 Å². The molecule has 0 aliphatic heterocycles. The zero-order chi connectivity index (χ0) is 15.8. The Morgan fingerprint density at radius 3 is 2.71 bits per heavy atom. The van der Waals surface area contributed by atoms with Crippen molar-refractivity contribution in [2.45, 2.75) is 46.1 Å². The van der Waals surface area contributed by atoms with Crippen LogP contribution < -0.4 is 11.1 Å². The van der Waals surface area contributed by atoms with Gasteiger partial charge >= 0.3 is 0 Å². The van der Waals surface area contributed by atoms with Gasteiger partial charge in [-0.1, -0.05) is 19.8 Å². The number of amides is 1. The number of nitrogens with two attached hydrogens (primary N) is 1. The normalized spacial score (nSPS) is 11.1. The molecule has 0 fully saturated rings. The number of unbranched alkanes of at least 4 members (excludes halogenated alkanes) is 2. The fourth-order valence-corrected chi connectivity index (χ4v) is 2.10. The molecule has 4 nitrogen and oxygen atoms in total. The summed E-state index contributed by atoms with van der Waals surface area (Å²) >= 11 is 0. The van der Waals surface area contributed by atoms with Crippen molar-refractivity contribution in [3.8, 4) is 0 Å². The molecule has 0 atom stereocenters. The number of nitrogens with zero attached hydrogens (tertiary/aromatic N) is 1. The molecule has 0 saturated heterocycles. The Labute approximate surface area is 126 Å². The van der Waals surface area contributed by atoms with E-state index < -0.39 is 5.82 Å². The van der Waals surface area contributed by atoms with Crippen molar-refractivity contribution in [3.63, 3.8) is 0 Å². The van der Waals surface area contributed by atoms with E-state index in [0.29, 0.717) is 11.4 Å². The molecular formula is C16H26FN3O. The predicted octanol–water partition coefficient (Wildman–Crippen LogP) is 3.25. The van der Waals surface area contributed by atoms with Gasteiger partial charge in [-0.15, -0.1) is 0 Å². The average Bonchev–Trinajstić information content (AvgIpc) is 2.42. The van der Waals surface area contributed by atoms with E-state index in [4.69, 9.17) is 5.73 Å². The van der Waals surface area contributed by atoms with Gasteiger partial charge in [0, 0.05) is 6.04 Å². The number of benzene rings is 1. The van der Waals surface area contributed by atoms with Gasteiger partial charge in [0.05, 0.1) is 17.9 Å². The molecule has 1 aromatic carbocycles. The average molecular weight is 295 g/mol. The first-order valence-corrected chi connectivity index (χ1v) is 7.53. The second kappa shape index (κ2) is 8.62. The molecule has 3 N–H and O–H groups in total. The number of nitrogen functional groups attached to an aromatic ring is 1. The van der Waals surface area contributed by atoms with Gasteiger partial charge in [0.2, 0.25) is 5.91 Å². The Bertz CT molecular complexity index is 463. The third kappa shape index (κ3) is 6.12. The molecule has 0 radical (unpaired) electrons. The van der Waals surface area contributed by atoms with Crippen molar-refractivity contribution in [2.75, 3.05) is 24.1 Å². The zero-order valence-electron chi connectivity index (χ0n) is 13.2. The highest BCUT2D eigenvalue weighted by Gasteiger charge is 2.14. The minimum absolute atomic E-state index is 0.169. The lowest BCUT2D eigenvalue weighted by Crippen LogP contribution is -2.38. The Morgan fingerprint density at radius 2 is 2.10 bits per heavy atom. The fourth-order valence-electron chi connectivity index (χ4n) is 2.10. The summed E-state index contributed by atoms with van der Waals surface area (Å²) in [5.41, 5.74) is 6.43. The Morgan fingerprint density at radius 1 is 1.38 bits per heavy atom. The van der Waals surface area contributed by atoms with E-state index in [1.54, 1.807) is 0 Å². The van der Waals surface area contributed by atoms with Gasteiger partial charge in [0.1, 0.15) is 5.82 Å². The largest absolute Gasteiger partial charge is 0.397 e. The molecule has 0 aliphatic rings. The zero-order valence-corrected chi connectivity index (χ0v) is 13.2.